The number of carbonyl (C=O) groups is 1. The molecule has 1 aromatic carbocycles. The third-order valence-corrected chi connectivity index (χ3v) is 4.33. The lowest BCUT2D eigenvalue weighted by Gasteiger charge is -2.40. The maximum atomic E-state index is 12.0. The zero-order valence-electron chi connectivity index (χ0n) is 16.9. The van der Waals surface area contributed by atoms with Crippen LogP contribution in [0, 0.1) is 0 Å². The molecular weight excluding hydrogens is 396 g/mol. The average molecular weight is 421 g/mol. The molecule has 1 saturated heterocycles. The van der Waals surface area contributed by atoms with Gasteiger partial charge in [0.05, 0.1) is 12.6 Å². The van der Waals surface area contributed by atoms with E-state index in [1.165, 1.54) is 0 Å². The normalized spacial score (nSPS) is 15.1. The number of aliphatic imine (C=N–C) groups is 1. The number of nitrogens with zero attached hydrogens (tertiary/aromatic N) is 4. The molecule has 0 atom stereocenters. The minimum absolute atomic E-state index is 0.0982. The van der Waals surface area contributed by atoms with Crippen LogP contribution in [0.4, 0.5) is 4.79 Å². The van der Waals surface area contributed by atoms with Crippen LogP contribution in [0.15, 0.2) is 33.8 Å². The van der Waals surface area contributed by atoms with Crippen molar-refractivity contribution in [2.75, 3.05) is 20.1 Å². The van der Waals surface area contributed by atoms with E-state index in [2.05, 4.69) is 25.8 Å². The average Bonchev–Trinajstić information content (AvgIpc) is 3.08. The topological polar surface area (TPSA) is 105 Å². The van der Waals surface area contributed by atoms with Gasteiger partial charge in [-0.3, -0.25) is 4.99 Å². The molecule has 0 aliphatic carbocycles. The van der Waals surface area contributed by atoms with Gasteiger partial charge in [0.15, 0.2) is 5.96 Å². The van der Waals surface area contributed by atoms with Crippen LogP contribution in [0.5, 0.6) is 0 Å². The van der Waals surface area contributed by atoms with Gasteiger partial charge in [-0.2, -0.15) is 4.98 Å². The SMILES string of the molecule is CN=C(NCc1nc(-c2ccc(Cl)cc2)no1)NC1CN(C(=O)OC(C)(C)C)C1. The lowest BCUT2D eigenvalue weighted by Crippen LogP contribution is -2.63. The summed E-state index contributed by atoms with van der Waals surface area (Å²) in [6, 6.07) is 7.31. The Morgan fingerprint density at radius 2 is 2.03 bits per heavy atom. The van der Waals surface area contributed by atoms with Crippen molar-refractivity contribution in [1.29, 1.82) is 0 Å². The highest BCUT2D eigenvalue weighted by atomic mass is 35.5. The van der Waals surface area contributed by atoms with Crippen LogP contribution in [-0.2, 0) is 11.3 Å². The first kappa shape index (κ1) is 20.9. The molecule has 0 spiro atoms. The van der Waals surface area contributed by atoms with Crippen LogP contribution in [0.3, 0.4) is 0 Å². The van der Waals surface area contributed by atoms with E-state index in [4.69, 9.17) is 20.9 Å². The van der Waals surface area contributed by atoms with E-state index < -0.39 is 5.60 Å². The molecule has 29 heavy (non-hydrogen) atoms. The van der Waals surface area contributed by atoms with E-state index in [-0.39, 0.29) is 12.1 Å². The van der Waals surface area contributed by atoms with Crippen molar-refractivity contribution in [3.8, 4) is 11.4 Å². The van der Waals surface area contributed by atoms with Gasteiger partial charge < -0.3 is 24.8 Å². The molecule has 1 aliphatic rings. The summed E-state index contributed by atoms with van der Waals surface area (Å²) in [7, 11) is 1.67. The monoisotopic (exact) mass is 420 g/mol. The second kappa shape index (κ2) is 8.69. The summed E-state index contributed by atoms with van der Waals surface area (Å²) in [5, 5.41) is 11.0. The quantitative estimate of drug-likeness (QED) is 0.578. The van der Waals surface area contributed by atoms with Crippen molar-refractivity contribution in [2.24, 2.45) is 4.99 Å². The number of benzene rings is 1. The summed E-state index contributed by atoms with van der Waals surface area (Å²) < 4.78 is 10.6. The molecule has 3 rings (SSSR count). The maximum absolute atomic E-state index is 12.0. The number of hydrogen-bond acceptors (Lipinski definition) is 6. The van der Waals surface area contributed by atoms with Crippen molar-refractivity contribution in [1.82, 2.24) is 25.7 Å². The smallest absolute Gasteiger partial charge is 0.410 e. The van der Waals surface area contributed by atoms with Crippen LogP contribution in [0.25, 0.3) is 11.4 Å². The van der Waals surface area contributed by atoms with Gasteiger partial charge in [-0.15, -0.1) is 0 Å². The van der Waals surface area contributed by atoms with Crippen LogP contribution < -0.4 is 10.6 Å². The van der Waals surface area contributed by atoms with Crippen LogP contribution >= 0.6 is 11.6 Å². The van der Waals surface area contributed by atoms with Crippen LogP contribution in [0.2, 0.25) is 5.02 Å². The molecule has 2 N–H and O–H groups in total. The fourth-order valence-corrected chi connectivity index (χ4v) is 2.76. The minimum atomic E-state index is -0.498. The molecule has 2 aromatic rings. The van der Waals surface area contributed by atoms with Gasteiger partial charge in [-0.05, 0) is 45.0 Å². The lowest BCUT2D eigenvalue weighted by molar-refractivity contribution is 0.00701. The van der Waals surface area contributed by atoms with Gasteiger partial charge in [0, 0.05) is 30.7 Å². The van der Waals surface area contributed by atoms with E-state index in [1.807, 2.05) is 32.9 Å². The third kappa shape index (κ3) is 5.83. The highest BCUT2D eigenvalue weighted by Gasteiger charge is 2.34. The number of rotatable bonds is 4. The molecule has 0 unspecified atom stereocenters. The second-order valence-electron chi connectivity index (χ2n) is 7.67. The van der Waals surface area contributed by atoms with E-state index in [9.17, 15) is 4.79 Å². The summed E-state index contributed by atoms with van der Waals surface area (Å²) in [4.78, 5) is 22.2. The second-order valence-corrected chi connectivity index (χ2v) is 8.11. The van der Waals surface area contributed by atoms with E-state index in [0.717, 1.165) is 5.56 Å². The Kier molecular flexibility index (Phi) is 6.26. The Balaban J connectivity index is 1.45. The van der Waals surface area contributed by atoms with E-state index >= 15 is 0 Å². The van der Waals surface area contributed by atoms with Crippen molar-refractivity contribution >= 4 is 23.7 Å². The molecule has 0 radical (unpaired) electrons. The Labute approximate surface area is 174 Å². The lowest BCUT2D eigenvalue weighted by atomic mass is 10.1. The molecule has 1 fully saturated rings. The molecular formula is C19H25ClN6O3. The summed E-state index contributed by atoms with van der Waals surface area (Å²) in [6.45, 7) is 6.97. The van der Waals surface area contributed by atoms with Gasteiger partial charge in [0.25, 0.3) is 0 Å². The predicted octanol–water partition coefficient (Wildman–Crippen LogP) is 2.67. The van der Waals surface area contributed by atoms with Crippen LogP contribution in [-0.4, -0.2) is 58.9 Å². The molecule has 1 amide bonds. The van der Waals surface area contributed by atoms with E-state index in [1.54, 1.807) is 24.1 Å². The number of ether oxygens (including phenoxy) is 1. The third-order valence-electron chi connectivity index (χ3n) is 4.08. The predicted molar refractivity (Wildman–Crippen MR) is 110 cm³/mol. The zero-order valence-corrected chi connectivity index (χ0v) is 17.7. The highest BCUT2D eigenvalue weighted by molar-refractivity contribution is 6.30. The molecule has 156 valence electrons. The van der Waals surface area contributed by atoms with Gasteiger partial charge in [0.2, 0.25) is 11.7 Å². The first-order chi connectivity index (χ1) is 13.7. The Bertz CT molecular complexity index is 869. The standard InChI is InChI=1S/C19H25ClN6O3/c1-19(2,3)28-18(27)26-10-14(11-26)23-17(21-4)22-9-15-24-16(25-29-15)12-5-7-13(20)8-6-12/h5-8,14H,9-11H2,1-4H3,(H2,21,22,23). The largest absolute Gasteiger partial charge is 0.444 e. The Morgan fingerprint density at radius 3 is 2.66 bits per heavy atom. The number of likely N-dealkylation sites (tertiary alicyclic amines) is 1. The van der Waals surface area contributed by atoms with Crippen molar-refractivity contribution in [3.63, 3.8) is 0 Å². The summed E-state index contributed by atoms with van der Waals surface area (Å²) in [5.41, 5.74) is 0.325. The number of carbonyl (C=O) groups excluding carboxylic acids is 1. The number of halogens is 1. The molecule has 2 heterocycles. The molecule has 0 bridgehead atoms. The summed E-state index contributed by atoms with van der Waals surface area (Å²) in [5.74, 6) is 1.51. The molecule has 1 aromatic heterocycles. The van der Waals surface area contributed by atoms with Crippen molar-refractivity contribution in [2.45, 2.75) is 39.0 Å². The van der Waals surface area contributed by atoms with Gasteiger partial charge in [-0.25, -0.2) is 4.79 Å². The van der Waals surface area contributed by atoms with Gasteiger partial charge >= 0.3 is 6.09 Å². The summed E-state index contributed by atoms with van der Waals surface area (Å²) in [6.07, 6.45) is -0.306. The fourth-order valence-electron chi connectivity index (χ4n) is 2.64. The molecule has 10 heteroatoms. The Hall–Kier alpha value is -2.81. The van der Waals surface area contributed by atoms with Crippen molar-refractivity contribution < 1.29 is 14.1 Å². The fraction of sp³-hybridized carbons (Fsp3) is 0.474. The van der Waals surface area contributed by atoms with Crippen LogP contribution in [0.1, 0.15) is 26.7 Å². The van der Waals surface area contributed by atoms with Crippen molar-refractivity contribution in [3.05, 3.63) is 35.2 Å². The number of hydrogen-bond donors (Lipinski definition) is 2. The van der Waals surface area contributed by atoms with E-state index in [0.29, 0.717) is 42.3 Å². The number of amides is 1. The highest BCUT2D eigenvalue weighted by Crippen LogP contribution is 2.18. The zero-order chi connectivity index (χ0) is 21.0. The van der Waals surface area contributed by atoms with Gasteiger partial charge in [-0.1, -0.05) is 16.8 Å². The maximum Gasteiger partial charge on any atom is 0.410 e. The number of guanidine groups is 1. The first-order valence-electron chi connectivity index (χ1n) is 9.27. The first-order valence-corrected chi connectivity index (χ1v) is 9.65. The van der Waals surface area contributed by atoms with Gasteiger partial charge in [0.1, 0.15) is 5.60 Å². The number of aromatic nitrogens is 2. The Morgan fingerprint density at radius 1 is 1.34 bits per heavy atom. The number of nitrogens with one attached hydrogen (secondary N) is 2. The summed E-state index contributed by atoms with van der Waals surface area (Å²) >= 11 is 5.89. The molecule has 1 aliphatic heterocycles. The minimum Gasteiger partial charge on any atom is -0.444 e. The molecule has 0 saturated carbocycles. The molecule has 9 nitrogen and oxygen atoms in total.